The lowest BCUT2D eigenvalue weighted by atomic mass is 10.1. The summed E-state index contributed by atoms with van der Waals surface area (Å²) in [4.78, 5) is 29.6. The third-order valence-electron chi connectivity index (χ3n) is 6.70. The molecule has 0 aliphatic heterocycles. The molecule has 40 heavy (non-hydrogen) atoms. The van der Waals surface area contributed by atoms with Crippen LogP contribution in [0.4, 0.5) is 0 Å². The van der Waals surface area contributed by atoms with Crippen LogP contribution in [0.1, 0.15) is 57.5 Å². The van der Waals surface area contributed by atoms with Crippen LogP contribution in [0.3, 0.4) is 0 Å². The van der Waals surface area contributed by atoms with Gasteiger partial charge in [-0.2, -0.15) is 0 Å². The largest absolute Gasteiger partial charge is 0.507 e. The predicted molar refractivity (Wildman–Crippen MR) is 158 cm³/mol. The van der Waals surface area contributed by atoms with Crippen molar-refractivity contribution < 1.29 is 19.8 Å². The Balaban J connectivity index is 1.34. The first-order chi connectivity index (χ1) is 19.3. The van der Waals surface area contributed by atoms with Crippen molar-refractivity contribution in [1.29, 1.82) is 0 Å². The molecule has 3 rings (SSSR count). The Bertz CT molecular complexity index is 1110. The summed E-state index contributed by atoms with van der Waals surface area (Å²) in [5, 5.41) is 26.3. The molecule has 2 amide bonds. The van der Waals surface area contributed by atoms with Gasteiger partial charge in [0.15, 0.2) is 0 Å². The maximum absolute atomic E-state index is 12.6. The molecule has 0 saturated heterocycles. The Labute approximate surface area is 237 Å². The predicted octanol–water partition coefficient (Wildman–Crippen LogP) is 4.38. The minimum atomic E-state index is -0.489. The summed E-state index contributed by atoms with van der Waals surface area (Å²) in [5.74, 6) is -1.66. The van der Waals surface area contributed by atoms with Crippen LogP contribution in [0.15, 0.2) is 72.8 Å². The smallest absolute Gasteiger partial charge is 0.255 e. The second-order valence-electron chi connectivity index (χ2n) is 10.3. The summed E-state index contributed by atoms with van der Waals surface area (Å²) in [7, 11) is 4.13. The number of carbonyl (C=O) groups excluding carboxylic acids is 2. The second kappa shape index (κ2) is 16.3. The molecule has 3 aromatic carbocycles. The van der Waals surface area contributed by atoms with Gasteiger partial charge in [-0.1, -0.05) is 60.7 Å². The number of benzene rings is 3. The first-order valence-electron chi connectivity index (χ1n) is 13.9. The standard InChI is InChI=1S/C32H42N4O4/c1-35(23-25-13-5-3-6-14-25)19-11-9-17-33-31(39)27-21-30(38)28(22-29(27)37)32(40)34-18-10-12-20-36(2)24-26-15-7-4-8-16-26/h3-8,13-16,21-22,37-38H,9-12,17-20,23-24H2,1-2H3,(H,33,39)(H,34,40). The van der Waals surface area contributed by atoms with Crippen LogP contribution in [0.5, 0.6) is 11.5 Å². The molecule has 214 valence electrons. The van der Waals surface area contributed by atoms with Crippen LogP contribution in [0, 0.1) is 0 Å². The van der Waals surface area contributed by atoms with Crippen molar-refractivity contribution in [3.8, 4) is 11.5 Å². The molecule has 0 heterocycles. The Morgan fingerprint density at radius 3 is 1.38 bits per heavy atom. The van der Waals surface area contributed by atoms with Gasteiger partial charge in [-0.15, -0.1) is 0 Å². The van der Waals surface area contributed by atoms with E-state index in [0.717, 1.165) is 64.0 Å². The summed E-state index contributed by atoms with van der Waals surface area (Å²) in [5.41, 5.74) is 2.40. The lowest BCUT2D eigenvalue weighted by Crippen LogP contribution is -2.27. The van der Waals surface area contributed by atoms with Crippen molar-refractivity contribution in [3.63, 3.8) is 0 Å². The SMILES string of the molecule is CN(CCCCNC(=O)c1cc(O)c(C(=O)NCCCCN(C)Cc2ccccc2)cc1O)Cc1ccccc1. The number of rotatable bonds is 16. The van der Waals surface area contributed by atoms with E-state index >= 15 is 0 Å². The Hall–Kier alpha value is -3.88. The highest BCUT2D eigenvalue weighted by Gasteiger charge is 2.19. The lowest BCUT2D eigenvalue weighted by molar-refractivity contribution is 0.0935. The first-order valence-corrected chi connectivity index (χ1v) is 13.9. The minimum absolute atomic E-state index is 0.0586. The molecule has 0 bridgehead atoms. The molecule has 0 aliphatic rings. The van der Waals surface area contributed by atoms with E-state index in [1.807, 2.05) is 36.4 Å². The number of hydrogen-bond donors (Lipinski definition) is 4. The molecule has 0 atom stereocenters. The highest BCUT2D eigenvalue weighted by atomic mass is 16.3. The fourth-order valence-corrected chi connectivity index (χ4v) is 4.50. The number of unbranched alkanes of at least 4 members (excludes halogenated alkanes) is 2. The van der Waals surface area contributed by atoms with Crippen molar-refractivity contribution in [1.82, 2.24) is 20.4 Å². The molecule has 0 aliphatic carbocycles. The molecule has 0 radical (unpaired) electrons. The fraction of sp³-hybridized carbons (Fsp3) is 0.375. The molecule has 0 unspecified atom stereocenters. The fourth-order valence-electron chi connectivity index (χ4n) is 4.50. The van der Waals surface area contributed by atoms with Crippen LogP contribution in [0.2, 0.25) is 0 Å². The van der Waals surface area contributed by atoms with Crippen molar-refractivity contribution in [2.45, 2.75) is 38.8 Å². The highest BCUT2D eigenvalue weighted by molar-refractivity contribution is 6.02. The summed E-state index contributed by atoms with van der Waals surface area (Å²) >= 11 is 0. The van der Waals surface area contributed by atoms with Gasteiger partial charge in [0, 0.05) is 26.2 Å². The quantitative estimate of drug-likeness (QED) is 0.157. The average molecular weight is 547 g/mol. The van der Waals surface area contributed by atoms with Crippen LogP contribution >= 0.6 is 0 Å². The average Bonchev–Trinajstić information content (AvgIpc) is 2.94. The summed E-state index contributed by atoms with van der Waals surface area (Å²) in [6.07, 6.45) is 3.37. The van der Waals surface area contributed by atoms with Gasteiger partial charge >= 0.3 is 0 Å². The summed E-state index contributed by atoms with van der Waals surface area (Å²) in [6.45, 7) is 4.41. The van der Waals surface area contributed by atoms with Gasteiger partial charge in [-0.3, -0.25) is 9.59 Å². The zero-order chi connectivity index (χ0) is 28.7. The maximum Gasteiger partial charge on any atom is 0.255 e. The van der Waals surface area contributed by atoms with E-state index in [1.54, 1.807) is 0 Å². The van der Waals surface area contributed by atoms with E-state index in [4.69, 9.17) is 0 Å². The van der Waals surface area contributed by atoms with E-state index in [9.17, 15) is 19.8 Å². The number of carbonyl (C=O) groups is 2. The molecular weight excluding hydrogens is 504 g/mol. The van der Waals surface area contributed by atoms with E-state index in [1.165, 1.54) is 11.1 Å². The number of amides is 2. The van der Waals surface area contributed by atoms with E-state index in [-0.39, 0.29) is 22.6 Å². The molecule has 4 N–H and O–H groups in total. The third-order valence-corrected chi connectivity index (χ3v) is 6.70. The zero-order valence-electron chi connectivity index (χ0n) is 23.6. The molecule has 8 nitrogen and oxygen atoms in total. The van der Waals surface area contributed by atoms with Gasteiger partial charge < -0.3 is 30.6 Å². The van der Waals surface area contributed by atoms with Gasteiger partial charge in [-0.05, 0) is 76.1 Å². The number of phenols is 2. The third kappa shape index (κ3) is 10.4. The molecule has 3 aromatic rings. The molecule has 0 saturated carbocycles. The Morgan fingerprint density at radius 2 is 1.00 bits per heavy atom. The molecule has 0 fully saturated rings. The zero-order valence-corrected chi connectivity index (χ0v) is 23.6. The Kier molecular flexibility index (Phi) is 12.5. The topological polar surface area (TPSA) is 105 Å². The second-order valence-corrected chi connectivity index (χ2v) is 10.3. The van der Waals surface area contributed by atoms with Crippen LogP contribution < -0.4 is 10.6 Å². The van der Waals surface area contributed by atoms with Crippen molar-refractivity contribution in [2.75, 3.05) is 40.3 Å². The molecule has 0 aromatic heterocycles. The van der Waals surface area contributed by atoms with Crippen LogP contribution in [0.25, 0.3) is 0 Å². The van der Waals surface area contributed by atoms with Gasteiger partial charge in [0.2, 0.25) is 0 Å². The van der Waals surface area contributed by atoms with E-state index in [0.29, 0.717) is 13.1 Å². The van der Waals surface area contributed by atoms with Crippen molar-refractivity contribution in [3.05, 3.63) is 95.1 Å². The van der Waals surface area contributed by atoms with Crippen molar-refractivity contribution >= 4 is 11.8 Å². The maximum atomic E-state index is 12.6. The number of nitrogens with zero attached hydrogens (tertiary/aromatic N) is 2. The lowest BCUT2D eigenvalue weighted by Gasteiger charge is -2.17. The summed E-state index contributed by atoms with van der Waals surface area (Å²) in [6, 6.07) is 22.8. The van der Waals surface area contributed by atoms with E-state index in [2.05, 4.69) is 58.8 Å². The van der Waals surface area contributed by atoms with Gasteiger partial charge in [0.05, 0.1) is 11.1 Å². The van der Waals surface area contributed by atoms with Gasteiger partial charge in [-0.25, -0.2) is 0 Å². The van der Waals surface area contributed by atoms with Crippen molar-refractivity contribution in [2.24, 2.45) is 0 Å². The normalized spacial score (nSPS) is 11.1. The van der Waals surface area contributed by atoms with Gasteiger partial charge in [0.1, 0.15) is 11.5 Å². The summed E-state index contributed by atoms with van der Waals surface area (Å²) < 4.78 is 0. The van der Waals surface area contributed by atoms with E-state index < -0.39 is 11.8 Å². The van der Waals surface area contributed by atoms with Crippen LogP contribution in [-0.4, -0.2) is 72.1 Å². The number of phenolic OH excluding ortho intramolecular Hbond substituents is 2. The van der Waals surface area contributed by atoms with Crippen LogP contribution in [-0.2, 0) is 13.1 Å². The molecule has 8 heteroatoms. The number of aromatic hydroxyl groups is 2. The number of nitrogens with one attached hydrogen (secondary N) is 2. The number of hydrogen-bond acceptors (Lipinski definition) is 6. The minimum Gasteiger partial charge on any atom is -0.507 e. The van der Waals surface area contributed by atoms with Gasteiger partial charge in [0.25, 0.3) is 11.8 Å². The first kappa shape index (κ1) is 30.7. The monoisotopic (exact) mass is 546 g/mol. The molecule has 0 spiro atoms. The molecular formula is C32H42N4O4. The Morgan fingerprint density at radius 1 is 0.625 bits per heavy atom. The highest BCUT2D eigenvalue weighted by Crippen LogP contribution is 2.27.